The highest BCUT2D eigenvalue weighted by molar-refractivity contribution is 6.35. The number of benzene rings is 4. The predicted octanol–water partition coefficient (Wildman–Crippen LogP) is 6.11. The first-order valence-electron chi connectivity index (χ1n) is 11.4. The Morgan fingerprint density at radius 1 is 0.865 bits per heavy atom. The summed E-state index contributed by atoms with van der Waals surface area (Å²) >= 11 is 12.7. The molecule has 6 rings (SSSR count). The number of fused-ring (bicyclic) bond motifs is 2. The fourth-order valence-corrected chi connectivity index (χ4v) is 5.60. The van der Waals surface area contributed by atoms with Crippen LogP contribution in [0.25, 0.3) is 10.8 Å². The van der Waals surface area contributed by atoms with Gasteiger partial charge in [-0.25, -0.2) is 9.96 Å². The van der Waals surface area contributed by atoms with Gasteiger partial charge in [0.15, 0.2) is 6.10 Å². The van der Waals surface area contributed by atoms with Crippen LogP contribution >= 0.6 is 23.2 Å². The van der Waals surface area contributed by atoms with E-state index >= 15 is 0 Å². The van der Waals surface area contributed by atoms with E-state index in [4.69, 9.17) is 28.0 Å². The molecule has 2 saturated heterocycles. The molecule has 184 valence electrons. The van der Waals surface area contributed by atoms with Crippen LogP contribution in [0, 0.1) is 16.0 Å². The Kier molecular flexibility index (Phi) is 5.60. The maximum absolute atomic E-state index is 14.0. The Labute approximate surface area is 220 Å². The normalized spacial score (nSPS) is 21.1. The van der Waals surface area contributed by atoms with Crippen LogP contribution in [0.3, 0.4) is 0 Å². The van der Waals surface area contributed by atoms with Crippen LogP contribution in [0.2, 0.25) is 10.0 Å². The third kappa shape index (κ3) is 3.72. The summed E-state index contributed by atoms with van der Waals surface area (Å²) in [6.45, 7) is 0. The van der Waals surface area contributed by atoms with Gasteiger partial charge < -0.3 is 0 Å². The fourth-order valence-electron chi connectivity index (χ4n) is 5.08. The molecule has 2 aliphatic heterocycles. The standard InChI is InChI=1S/C27H17Cl2N3O5/c28-16-11-12-20(21(29)13-16)24-23-25(37-31(24)17-7-4-8-18(14-17)32(35)36)27(34)30(26(23)33)22-10-3-6-15-5-1-2-9-19(15)22/h1-14,23-25H/t23-,24-,25+/m1/s1. The summed E-state index contributed by atoms with van der Waals surface area (Å²) < 4.78 is 0. The summed E-state index contributed by atoms with van der Waals surface area (Å²) in [5, 5.41) is 15.1. The zero-order valence-electron chi connectivity index (χ0n) is 19.0. The second kappa shape index (κ2) is 8.85. The number of rotatable bonds is 4. The summed E-state index contributed by atoms with van der Waals surface area (Å²) in [7, 11) is 0. The molecule has 4 aromatic rings. The number of non-ortho nitro benzene ring substituents is 1. The first kappa shape index (κ1) is 23.4. The van der Waals surface area contributed by atoms with E-state index in [-0.39, 0.29) is 10.7 Å². The average Bonchev–Trinajstić information content (AvgIpc) is 3.39. The largest absolute Gasteiger partial charge is 0.273 e. The molecule has 0 unspecified atom stereocenters. The minimum Gasteiger partial charge on any atom is -0.273 e. The number of imide groups is 1. The zero-order valence-corrected chi connectivity index (χ0v) is 20.5. The Balaban J connectivity index is 1.49. The monoisotopic (exact) mass is 533 g/mol. The van der Waals surface area contributed by atoms with E-state index in [0.29, 0.717) is 22.0 Å². The maximum Gasteiger partial charge on any atom is 0.271 e. The summed E-state index contributed by atoms with van der Waals surface area (Å²) in [4.78, 5) is 45.8. The van der Waals surface area contributed by atoms with Gasteiger partial charge in [0.2, 0.25) is 5.91 Å². The van der Waals surface area contributed by atoms with E-state index in [0.717, 1.165) is 10.8 Å². The van der Waals surface area contributed by atoms with Crippen LogP contribution in [-0.2, 0) is 14.4 Å². The third-order valence-corrected chi connectivity index (χ3v) is 7.26. The number of nitro groups is 1. The molecule has 0 aliphatic carbocycles. The summed E-state index contributed by atoms with van der Waals surface area (Å²) in [6.07, 6.45) is -1.15. The quantitative estimate of drug-likeness (QED) is 0.178. The lowest BCUT2D eigenvalue weighted by Gasteiger charge is -2.29. The van der Waals surface area contributed by atoms with E-state index < -0.39 is 34.8 Å². The van der Waals surface area contributed by atoms with Crippen molar-refractivity contribution in [3.8, 4) is 0 Å². The van der Waals surface area contributed by atoms with Gasteiger partial charge in [0.1, 0.15) is 5.92 Å². The summed E-state index contributed by atoms with van der Waals surface area (Å²) in [5.74, 6) is -1.92. The van der Waals surface area contributed by atoms with Crippen molar-refractivity contribution in [2.45, 2.75) is 12.1 Å². The van der Waals surface area contributed by atoms with Crippen molar-refractivity contribution in [2.75, 3.05) is 9.96 Å². The van der Waals surface area contributed by atoms with E-state index in [2.05, 4.69) is 0 Å². The van der Waals surface area contributed by atoms with Crippen LogP contribution in [0.15, 0.2) is 84.9 Å². The van der Waals surface area contributed by atoms with Gasteiger partial charge in [-0.2, -0.15) is 0 Å². The first-order valence-corrected chi connectivity index (χ1v) is 12.1. The Bertz CT molecular complexity index is 1610. The molecule has 37 heavy (non-hydrogen) atoms. The fraction of sp³-hybridized carbons (Fsp3) is 0.111. The first-order chi connectivity index (χ1) is 17.8. The number of amides is 2. The van der Waals surface area contributed by atoms with Crippen molar-refractivity contribution in [1.82, 2.24) is 0 Å². The molecule has 0 radical (unpaired) electrons. The SMILES string of the molecule is O=C1[C@H]2[C@H](ON(c3cccc([N+](=O)[O-])c3)[C@@H]2c2ccc(Cl)cc2Cl)C(=O)N1c1cccc2ccccc12. The topological polar surface area (TPSA) is 93.0 Å². The molecule has 10 heteroatoms. The molecule has 2 fully saturated rings. The molecule has 3 atom stereocenters. The summed E-state index contributed by atoms with van der Waals surface area (Å²) in [6, 6.07) is 22.7. The second-order valence-corrected chi connectivity index (χ2v) is 9.62. The van der Waals surface area contributed by atoms with Crippen molar-refractivity contribution in [2.24, 2.45) is 5.92 Å². The molecular formula is C27H17Cl2N3O5. The third-order valence-electron chi connectivity index (χ3n) is 6.70. The predicted molar refractivity (Wildman–Crippen MR) is 140 cm³/mol. The van der Waals surface area contributed by atoms with E-state index in [1.165, 1.54) is 28.2 Å². The van der Waals surface area contributed by atoms with Crippen molar-refractivity contribution in [1.29, 1.82) is 0 Å². The van der Waals surface area contributed by atoms with Crippen LogP contribution in [0.1, 0.15) is 11.6 Å². The molecular weight excluding hydrogens is 517 g/mol. The van der Waals surface area contributed by atoms with Gasteiger partial charge >= 0.3 is 0 Å². The van der Waals surface area contributed by atoms with E-state index in [1.807, 2.05) is 30.3 Å². The number of carbonyl (C=O) groups is 2. The number of carbonyl (C=O) groups excluding carboxylic acids is 2. The molecule has 4 aromatic carbocycles. The number of nitrogens with zero attached hydrogens (tertiary/aromatic N) is 3. The number of hydroxylamine groups is 1. The Morgan fingerprint density at radius 2 is 1.62 bits per heavy atom. The van der Waals surface area contributed by atoms with Gasteiger partial charge in [-0.15, -0.1) is 0 Å². The van der Waals surface area contributed by atoms with Crippen LogP contribution in [0.5, 0.6) is 0 Å². The van der Waals surface area contributed by atoms with Gasteiger partial charge in [0.25, 0.3) is 11.6 Å². The number of hydrogen-bond donors (Lipinski definition) is 0. The van der Waals surface area contributed by atoms with Gasteiger partial charge in [0, 0.05) is 27.6 Å². The van der Waals surface area contributed by atoms with Gasteiger partial charge in [-0.1, -0.05) is 71.7 Å². The smallest absolute Gasteiger partial charge is 0.271 e. The summed E-state index contributed by atoms with van der Waals surface area (Å²) in [5.41, 5.74) is 1.13. The highest BCUT2D eigenvalue weighted by Gasteiger charge is 2.60. The maximum atomic E-state index is 14.0. The highest BCUT2D eigenvalue weighted by atomic mass is 35.5. The van der Waals surface area contributed by atoms with Gasteiger partial charge in [0.05, 0.1) is 22.3 Å². The molecule has 0 saturated carbocycles. The lowest BCUT2D eigenvalue weighted by atomic mass is 9.90. The number of nitro benzene ring substituents is 1. The molecule has 2 amide bonds. The van der Waals surface area contributed by atoms with Crippen LogP contribution in [-0.4, -0.2) is 22.8 Å². The number of hydrogen-bond acceptors (Lipinski definition) is 6. The van der Waals surface area contributed by atoms with Crippen molar-refractivity contribution >= 4 is 62.9 Å². The Hall–Kier alpha value is -3.98. The lowest BCUT2D eigenvalue weighted by Crippen LogP contribution is -2.37. The molecule has 0 spiro atoms. The minimum atomic E-state index is -1.15. The van der Waals surface area contributed by atoms with Crippen molar-refractivity contribution in [3.05, 3.63) is 111 Å². The van der Waals surface area contributed by atoms with Crippen molar-refractivity contribution in [3.63, 3.8) is 0 Å². The Morgan fingerprint density at radius 3 is 2.41 bits per heavy atom. The molecule has 2 aliphatic rings. The number of halogens is 2. The van der Waals surface area contributed by atoms with Gasteiger partial charge in [-0.3, -0.25) is 24.5 Å². The van der Waals surface area contributed by atoms with Crippen LogP contribution in [0.4, 0.5) is 17.1 Å². The van der Waals surface area contributed by atoms with E-state index in [1.54, 1.807) is 36.4 Å². The molecule has 0 aromatic heterocycles. The molecule has 0 N–H and O–H groups in total. The second-order valence-electron chi connectivity index (χ2n) is 8.78. The van der Waals surface area contributed by atoms with Crippen molar-refractivity contribution < 1.29 is 19.3 Å². The molecule has 0 bridgehead atoms. The van der Waals surface area contributed by atoms with E-state index in [9.17, 15) is 19.7 Å². The van der Waals surface area contributed by atoms with Crippen LogP contribution < -0.4 is 9.96 Å². The lowest BCUT2D eigenvalue weighted by molar-refractivity contribution is -0.384. The highest BCUT2D eigenvalue weighted by Crippen LogP contribution is 2.50. The molecule has 2 heterocycles. The number of anilines is 2. The van der Waals surface area contributed by atoms with Gasteiger partial charge in [-0.05, 0) is 35.2 Å². The average molecular weight is 534 g/mol. The minimum absolute atomic E-state index is 0.158. The molecule has 8 nitrogen and oxygen atoms in total. The zero-order chi connectivity index (χ0) is 25.8.